The third kappa shape index (κ3) is 3.75. The molecule has 22 heavy (non-hydrogen) atoms. The molecule has 0 spiro atoms. The van der Waals surface area contributed by atoms with Gasteiger partial charge in [-0.1, -0.05) is 0 Å². The van der Waals surface area contributed by atoms with Crippen LogP contribution in [-0.2, 0) is 11.3 Å². The molecule has 0 unspecified atom stereocenters. The number of carbonyl (C=O) groups is 1. The molecule has 1 heterocycles. The van der Waals surface area contributed by atoms with Crippen LogP contribution in [0.5, 0.6) is 0 Å². The molecule has 1 amide bonds. The summed E-state index contributed by atoms with van der Waals surface area (Å²) in [6.07, 6.45) is 0. The van der Waals surface area contributed by atoms with Crippen LogP contribution in [0.3, 0.4) is 0 Å². The number of aromatic nitrogens is 2. The Hall–Kier alpha value is -2.57. The molecule has 1 aromatic carbocycles. The molecule has 0 aliphatic heterocycles. The van der Waals surface area contributed by atoms with Crippen molar-refractivity contribution in [3.05, 3.63) is 52.9 Å². The highest BCUT2D eigenvalue weighted by Gasteiger charge is 2.09. The van der Waals surface area contributed by atoms with E-state index in [2.05, 4.69) is 15.6 Å². The molecule has 0 fully saturated rings. The maximum Gasteiger partial charge on any atom is 0.261 e. The molecule has 116 valence electrons. The minimum Gasteiger partial charge on any atom is -0.271 e. The van der Waals surface area contributed by atoms with Crippen LogP contribution in [0, 0.1) is 25.5 Å². The predicted molar refractivity (Wildman–Crippen MR) is 78.4 cm³/mol. The van der Waals surface area contributed by atoms with E-state index in [1.807, 2.05) is 19.9 Å². The lowest BCUT2D eigenvalue weighted by Gasteiger charge is -2.05. The Bertz CT molecular complexity index is 737. The zero-order valence-electron chi connectivity index (χ0n) is 12.5. The fourth-order valence-corrected chi connectivity index (χ4v) is 2.00. The van der Waals surface area contributed by atoms with E-state index < -0.39 is 11.6 Å². The quantitative estimate of drug-likeness (QED) is 0.696. The van der Waals surface area contributed by atoms with Crippen molar-refractivity contribution in [2.45, 2.75) is 27.3 Å². The van der Waals surface area contributed by atoms with Gasteiger partial charge in [0.1, 0.15) is 18.2 Å². The van der Waals surface area contributed by atoms with Crippen LogP contribution in [0.15, 0.2) is 29.4 Å². The van der Waals surface area contributed by atoms with E-state index in [4.69, 9.17) is 0 Å². The number of carbonyl (C=O) groups excluding carboxylic acids is 1. The summed E-state index contributed by atoms with van der Waals surface area (Å²) in [6, 6.07) is 5.04. The largest absolute Gasteiger partial charge is 0.271 e. The highest BCUT2D eigenvalue weighted by atomic mass is 19.1. The molecule has 0 radical (unpaired) electrons. The van der Waals surface area contributed by atoms with Crippen molar-refractivity contribution in [1.29, 1.82) is 0 Å². The molecule has 0 aliphatic rings. The Morgan fingerprint density at radius 2 is 2.05 bits per heavy atom. The van der Waals surface area contributed by atoms with Crippen LogP contribution >= 0.6 is 0 Å². The van der Waals surface area contributed by atoms with Gasteiger partial charge >= 0.3 is 0 Å². The van der Waals surface area contributed by atoms with E-state index in [0.717, 1.165) is 23.5 Å². The molecule has 0 saturated heterocycles. The predicted octanol–water partition coefficient (Wildman–Crippen LogP) is 2.32. The van der Waals surface area contributed by atoms with Gasteiger partial charge in [-0.3, -0.25) is 9.48 Å². The molecular weight excluding hydrogens is 290 g/mol. The van der Waals surface area contributed by atoms with Crippen LogP contribution in [0.4, 0.5) is 8.78 Å². The molecule has 0 saturated carbocycles. The van der Waals surface area contributed by atoms with Gasteiger partial charge in [-0.2, -0.15) is 10.2 Å². The molecule has 0 bridgehead atoms. The summed E-state index contributed by atoms with van der Waals surface area (Å²) in [6.45, 7) is 5.22. The Morgan fingerprint density at radius 3 is 2.64 bits per heavy atom. The summed E-state index contributed by atoms with van der Waals surface area (Å²) in [5, 5.41) is 8.00. The number of benzene rings is 1. The molecule has 5 nitrogen and oxygen atoms in total. The number of nitrogens with zero attached hydrogens (tertiary/aromatic N) is 3. The average molecular weight is 306 g/mol. The van der Waals surface area contributed by atoms with E-state index in [9.17, 15) is 13.6 Å². The van der Waals surface area contributed by atoms with Gasteiger partial charge in [-0.15, -0.1) is 0 Å². The van der Waals surface area contributed by atoms with Crippen LogP contribution in [0.25, 0.3) is 0 Å². The fraction of sp³-hybridized carbons (Fsp3) is 0.267. The maximum atomic E-state index is 13.6. The third-order valence-electron chi connectivity index (χ3n) is 3.07. The minimum atomic E-state index is -0.728. The number of hydrogen-bond acceptors (Lipinski definition) is 3. The van der Waals surface area contributed by atoms with Gasteiger partial charge in [0.2, 0.25) is 0 Å². The summed E-state index contributed by atoms with van der Waals surface area (Å²) in [5.74, 6) is -1.77. The number of rotatable bonds is 4. The zero-order chi connectivity index (χ0) is 16.3. The van der Waals surface area contributed by atoms with Crippen molar-refractivity contribution in [3.63, 3.8) is 0 Å². The lowest BCUT2D eigenvalue weighted by Crippen LogP contribution is -2.25. The van der Waals surface area contributed by atoms with Gasteiger partial charge in [0.15, 0.2) is 0 Å². The average Bonchev–Trinajstić information content (AvgIpc) is 2.74. The number of amides is 1. The van der Waals surface area contributed by atoms with Crippen molar-refractivity contribution in [2.75, 3.05) is 0 Å². The fourth-order valence-electron chi connectivity index (χ4n) is 2.00. The Morgan fingerprint density at radius 1 is 1.32 bits per heavy atom. The monoisotopic (exact) mass is 306 g/mol. The highest BCUT2D eigenvalue weighted by molar-refractivity contribution is 5.99. The van der Waals surface area contributed by atoms with E-state index in [1.165, 1.54) is 13.0 Å². The van der Waals surface area contributed by atoms with Gasteiger partial charge in [0.05, 0.1) is 11.4 Å². The molecule has 2 rings (SSSR count). The highest BCUT2D eigenvalue weighted by Crippen LogP contribution is 2.10. The van der Waals surface area contributed by atoms with Crippen molar-refractivity contribution >= 4 is 11.6 Å². The molecule has 7 heteroatoms. The Labute approximate surface area is 126 Å². The van der Waals surface area contributed by atoms with Crippen molar-refractivity contribution < 1.29 is 13.6 Å². The van der Waals surface area contributed by atoms with Gasteiger partial charge in [0, 0.05) is 17.3 Å². The Kier molecular flexibility index (Phi) is 4.65. The molecule has 2 aromatic rings. The van der Waals surface area contributed by atoms with E-state index in [-0.39, 0.29) is 23.7 Å². The second-order valence-electron chi connectivity index (χ2n) is 4.94. The number of aryl methyl sites for hydroxylation is 2. The summed E-state index contributed by atoms with van der Waals surface area (Å²) in [4.78, 5) is 11.8. The second kappa shape index (κ2) is 6.46. The second-order valence-corrected chi connectivity index (χ2v) is 4.94. The SMILES string of the molecule is C/C(=N\NC(=O)Cn1nc(C)cc1C)c1ccc(F)cc1F. The number of nitrogens with one attached hydrogen (secondary N) is 1. The molecule has 1 N–H and O–H groups in total. The lowest BCUT2D eigenvalue weighted by atomic mass is 10.1. The first-order valence-electron chi connectivity index (χ1n) is 6.66. The van der Waals surface area contributed by atoms with Gasteiger partial charge in [0.25, 0.3) is 5.91 Å². The van der Waals surface area contributed by atoms with Gasteiger partial charge < -0.3 is 0 Å². The third-order valence-corrected chi connectivity index (χ3v) is 3.07. The zero-order valence-corrected chi connectivity index (χ0v) is 12.5. The van der Waals surface area contributed by atoms with Gasteiger partial charge in [-0.25, -0.2) is 14.2 Å². The van der Waals surface area contributed by atoms with Crippen LogP contribution < -0.4 is 5.43 Å². The maximum absolute atomic E-state index is 13.6. The van der Waals surface area contributed by atoms with Crippen molar-refractivity contribution in [1.82, 2.24) is 15.2 Å². The minimum absolute atomic E-state index is 0.0162. The van der Waals surface area contributed by atoms with Crippen LogP contribution in [0.1, 0.15) is 23.9 Å². The summed E-state index contributed by atoms with van der Waals surface area (Å²) in [5.41, 5.74) is 4.39. The molecule has 0 aliphatic carbocycles. The van der Waals surface area contributed by atoms with Crippen molar-refractivity contribution in [3.8, 4) is 0 Å². The number of hydrogen-bond donors (Lipinski definition) is 1. The van der Waals surface area contributed by atoms with E-state index in [0.29, 0.717) is 0 Å². The normalized spacial score (nSPS) is 11.6. The summed E-state index contributed by atoms with van der Waals surface area (Å²) < 4.78 is 28.0. The van der Waals surface area contributed by atoms with E-state index >= 15 is 0 Å². The number of hydrazone groups is 1. The van der Waals surface area contributed by atoms with Gasteiger partial charge in [-0.05, 0) is 39.0 Å². The van der Waals surface area contributed by atoms with Crippen LogP contribution in [-0.4, -0.2) is 21.4 Å². The Balaban J connectivity index is 2.04. The summed E-state index contributed by atoms with van der Waals surface area (Å²) >= 11 is 0. The lowest BCUT2D eigenvalue weighted by molar-refractivity contribution is -0.121. The van der Waals surface area contributed by atoms with Crippen molar-refractivity contribution in [2.24, 2.45) is 5.10 Å². The summed E-state index contributed by atoms with van der Waals surface area (Å²) in [7, 11) is 0. The van der Waals surface area contributed by atoms with Crippen LogP contribution in [0.2, 0.25) is 0 Å². The first-order chi connectivity index (χ1) is 10.4. The first-order valence-corrected chi connectivity index (χ1v) is 6.66. The molecule has 0 atom stereocenters. The topological polar surface area (TPSA) is 59.3 Å². The molecule has 1 aromatic heterocycles. The standard InChI is InChI=1S/C15H16F2N4O/c1-9-6-10(2)21(20-9)8-15(22)19-18-11(3)13-5-4-12(16)7-14(13)17/h4-7H,8H2,1-3H3,(H,19,22)/b18-11+. The smallest absolute Gasteiger partial charge is 0.261 e. The molecular formula is C15H16F2N4O. The first kappa shape index (κ1) is 15.8. The number of halogens is 2. The van der Waals surface area contributed by atoms with E-state index in [1.54, 1.807) is 4.68 Å².